The van der Waals surface area contributed by atoms with Crippen LogP contribution >= 0.6 is 0 Å². The van der Waals surface area contributed by atoms with Gasteiger partial charge in [0.05, 0.1) is 0 Å². The molecule has 0 aliphatic heterocycles. The van der Waals surface area contributed by atoms with Crippen molar-refractivity contribution < 1.29 is 9.84 Å². The number of aliphatic hydroxyl groups is 1. The van der Waals surface area contributed by atoms with Gasteiger partial charge in [-0.3, -0.25) is 0 Å². The molecule has 3 nitrogen and oxygen atoms in total. The molecule has 2 atom stereocenters. The van der Waals surface area contributed by atoms with E-state index in [9.17, 15) is 5.11 Å². The highest BCUT2D eigenvalue weighted by Crippen LogP contribution is 2.03. The van der Waals surface area contributed by atoms with Gasteiger partial charge in [-0.25, -0.2) is 0 Å². The van der Waals surface area contributed by atoms with Crippen LogP contribution in [0.3, 0.4) is 0 Å². The van der Waals surface area contributed by atoms with E-state index in [2.05, 4.69) is 11.8 Å². The average Bonchev–Trinajstić information content (AvgIpc) is 1.87. The fourth-order valence-electron chi connectivity index (χ4n) is 0.763. The Labute approximate surface area is 69.0 Å². The first-order chi connectivity index (χ1) is 5.07. The number of hydrogen-bond acceptors (Lipinski definition) is 3. The molecule has 0 saturated carbocycles. The van der Waals surface area contributed by atoms with Gasteiger partial charge in [0.2, 0.25) is 0 Å². The van der Waals surface area contributed by atoms with Crippen LogP contribution in [0.25, 0.3) is 0 Å². The maximum Gasteiger partial charge on any atom is 0.155 e. The molecule has 0 aromatic rings. The first-order valence-corrected chi connectivity index (χ1v) is 4.04. The standard InChI is InChI=1S/C8H19NO2/c1-5-11-8(10)6-7(2)9(3)4/h7-8,10H,5-6H2,1-4H3. The van der Waals surface area contributed by atoms with Crippen molar-refractivity contribution in [3.05, 3.63) is 0 Å². The van der Waals surface area contributed by atoms with Gasteiger partial charge in [-0.05, 0) is 27.9 Å². The third-order valence-corrected chi connectivity index (χ3v) is 1.78. The van der Waals surface area contributed by atoms with Crippen LogP contribution in [0.4, 0.5) is 0 Å². The summed E-state index contributed by atoms with van der Waals surface area (Å²) in [6, 6.07) is 0.358. The van der Waals surface area contributed by atoms with E-state index in [1.807, 2.05) is 21.0 Å². The van der Waals surface area contributed by atoms with Crippen LogP contribution < -0.4 is 0 Å². The second kappa shape index (κ2) is 5.52. The van der Waals surface area contributed by atoms with Gasteiger partial charge in [0.1, 0.15) is 0 Å². The zero-order valence-corrected chi connectivity index (χ0v) is 7.87. The van der Waals surface area contributed by atoms with Crippen molar-refractivity contribution in [1.29, 1.82) is 0 Å². The minimum absolute atomic E-state index is 0.358. The highest BCUT2D eigenvalue weighted by molar-refractivity contribution is 4.60. The van der Waals surface area contributed by atoms with Gasteiger partial charge in [0.15, 0.2) is 6.29 Å². The van der Waals surface area contributed by atoms with Gasteiger partial charge >= 0.3 is 0 Å². The van der Waals surface area contributed by atoms with Crippen molar-refractivity contribution in [2.75, 3.05) is 20.7 Å². The van der Waals surface area contributed by atoms with E-state index in [4.69, 9.17) is 4.74 Å². The summed E-state index contributed by atoms with van der Waals surface area (Å²) < 4.78 is 4.99. The topological polar surface area (TPSA) is 32.7 Å². The summed E-state index contributed by atoms with van der Waals surface area (Å²) in [6.07, 6.45) is 0.0540. The first kappa shape index (κ1) is 10.9. The molecule has 0 saturated heterocycles. The smallest absolute Gasteiger partial charge is 0.155 e. The molecule has 0 aliphatic carbocycles. The van der Waals surface area contributed by atoms with Crippen molar-refractivity contribution in [2.45, 2.75) is 32.6 Å². The lowest BCUT2D eigenvalue weighted by Crippen LogP contribution is -2.30. The second-order valence-corrected chi connectivity index (χ2v) is 2.96. The molecule has 3 heteroatoms. The maximum absolute atomic E-state index is 9.22. The molecular formula is C8H19NO2. The third-order valence-electron chi connectivity index (χ3n) is 1.78. The fourth-order valence-corrected chi connectivity index (χ4v) is 0.763. The molecule has 68 valence electrons. The van der Waals surface area contributed by atoms with Crippen molar-refractivity contribution in [3.8, 4) is 0 Å². The number of nitrogens with zero attached hydrogens (tertiary/aromatic N) is 1. The highest BCUT2D eigenvalue weighted by Gasteiger charge is 2.10. The Kier molecular flexibility index (Phi) is 5.46. The van der Waals surface area contributed by atoms with E-state index < -0.39 is 6.29 Å². The zero-order valence-electron chi connectivity index (χ0n) is 7.87. The van der Waals surface area contributed by atoms with Crippen LogP contribution in [0, 0.1) is 0 Å². The van der Waals surface area contributed by atoms with Crippen LogP contribution in [-0.2, 0) is 4.74 Å². The summed E-state index contributed by atoms with van der Waals surface area (Å²) in [5, 5.41) is 9.22. The molecule has 11 heavy (non-hydrogen) atoms. The van der Waals surface area contributed by atoms with Crippen molar-refractivity contribution >= 4 is 0 Å². The zero-order chi connectivity index (χ0) is 8.85. The summed E-state index contributed by atoms with van der Waals surface area (Å²) in [5.41, 5.74) is 0. The molecule has 0 aliphatic rings. The predicted molar refractivity (Wildman–Crippen MR) is 45.4 cm³/mol. The Hall–Kier alpha value is -0.120. The highest BCUT2D eigenvalue weighted by atomic mass is 16.6. The van der Waals surface area contributed by atoms with Gasteiger partial charge in [0, 0.05) is 19.1 Å². The van der Waals surface area contributed by atoms with Crippen molar-refractivity contribution in [1.82, 2.24) is 4.90 Å². The van der Waals surface area contributed by atoms with E-state index in [1.54, 1.807) is 0 Å². The van der Waals surface area contributed by atoms with Gasteiger partial charge < -0.3 is 14.7 Å². The SMILES string of the molecule is CCOC(O)CC(C)N(C)C. The van der Waals surface area contributed by atoms with E-state index in [-0.39, 0.29) is 0 Å². The van der Waals surface area contributed by atoms with Crippen LogP contribution in [0.2, 0.25) is 0 Å². The fraction of sp³-hybridized carbons (Fsp3) is 1.00. The molecular weight excluding hydrogens is 142 g/mol. The van der Waals surface area contributed by atoms with E-state index in [1.165, 1.54) is 0 Å². The van der Waals surface area contributed by atoms with Crippen LogP contribution in [0.5, 0.6) is 0 Å². The van der Waals surface area contributed by atoms with Gasteiger partial charge in [-0.15, -0.1) is 0 Å². The molecule has 0 bridgehead atoms. The molecule has 0 heterocycles. The minimum atomic E-state index is -0.614. The maximum atomic E-state index is 9.22. The molecule has 0 fully saturated rings. The average molecular weight is 161 g/mol. The minimum Gasteiger partial charge on any atom is -0.368 e. The predicted octanol–water partition coefficient (Wildman–Crippen LogP) is 0.681. The molecule has 0 spiro atoms. The van der Waals surface area contributed by atoms with Gasteiger partial charge in [-0.2, -0.15) is 0 Å². The van der Waals surface area contributed by atoms with Gasteiger partial charge in [0.25, 0.3) is 0 Å². The number of hydrogen-bond donors (Lipinski definition) is 1. The number of ether oxygens (including phenoxy) is 1. The molecule has 0 aromatic carbocycles. The monoisotopic (exact) mass is 161 g/mol. The van der Waals surface area contributed by atoms with Crippen molar-refractivity contribution in [3.63, 3.8) is 0 Å². The lowest BCUT2D eigenvalue weighted by Gasteiger charge is -2.22. The number of aliphatic hydroxyl groups excluding tert-OH is 1. The molecule has 0 radical (unpaired) electrons. The van der Waals surface area contributed by atoms with Crippen LogP contribution in [-0.4, -0.2) is 43.0 Å². The van der Waals surface area contributed by atoms with Crippen LogP contribution in [0.1, 0.15) is 20.3 Å². The van der Waals surface area contributed by atoms with E-state index in [0.29, 0.717) is 19.1 Å². The first-order valence-electron chi connectivity index (χ1n) is 4.04. The Morgan fingerprint density at radius 2 is 2.00 bits per heavy atom. The summed E-state index contributed by atoms with van der Waals surface area (Å²) >= 11 is 0. The quantitative estimate of drug-likeness (QED) is 0.602. The normalized spacial score (nSPS) is 16.9. The van der Waals surface area contributed by atoms with E-state index >= 15 is 0 Å². The molecule has 0 amide bonds. The molecule has 0 aromatic heterocycles. The van der Waals surface area contributed by atoms with Gasteiger partial charge in [-0.1, -0.05) is 0 Å². The number of rotatable bonds is 5. The lowest BCUT2D eigenvalue weighted by atomic mass is 10.2. The third kappa shape index (κ3) is 5.18. The van der Waals surface area contributed by atoms with Crippen molar-refractivity contribution in [2.24, 2.45) is 0 Å². The lowest BCUT2D eigenvalue weighted by molar-refractivity contribution is -0.107. The summed E-state index contributed by atoms with van der Waals surface area (Å²) in [6.45, 7) is 4.51. The second-order valence-electron chi connectivity index (χ2n) is 2.96. The summed E-state index contributed by atoms with van der Waals surface area (Å²) in [4.78, 5) is 2.06. The summed E-state index contributed by atoms with van der Waals surface area (Å²) in [5.74, 6) is 0. The Balaban J connectivity index is 3.48. The Morgan fingerprint density at radius 1 is 1.45 bits per heavy atom. The Bertz CT molecular complexity index is 96.1. The molecule has 0 rings (SSSR count). The molecule has 2 unspecified atom stereocenters. The molecule has 1 N–H and O–H groups in total. The summed E-state index contributed by atoms with van der Waals surface area (Å²) in [7, 11) is 3.98. The Morgan fingerprint density at radius 3 is 2.36 bits per heavy atom. The largest absolute Gasteiger partial charge is 0.368 e. The van der Waals surface area contributed by atoms with E-state index in [0.717, 1.165) is 0 Å². The van der Waals surface area contributed by atoms with Crippen LogP contribution in [0.15, 0.2) is 0 Å².